The first kappa shape index (κ1) is 21.7. The summed E-state index contributed by atoms with van der Waals surface area (Å²) in [6.45, 7) is 0.310. The molecule has 0 saturated heterocycles. The second-order valence-corrected chi connectivity index (χ2v) is 9.28. The van der Waals surface area contributed by atoms with Crippen LogP contribution < -0.4 is 16.1 Å². The fourth-order valence-corrected chi connectivity index (χ4v) is 4.95. The van der Waals surface area contributed by atoms with Gasteiger partial charge in [-0.1, -0.05) is 52.3 Å². The van der Waals surface area contributed by atoms with E-state index in [1.54, 1.807) is 0 Å². The fraction of sp³-hybridized carbons (Fsp3) is 0.292. The molecule has 8 nitrogen and oxygen atoms in total. The molecule has 0 bridgehead atoms. The minimum Gasteiger partial charge on any atom is -0.468 e. The normalized spacial score (nSPS) is 23.5. The Morgan fingerprint density at radius 2 is 2.09 bits per heavy atom. The number of halogens is 1. The third kappa shape index (κ3) is 4.14. The quantitative estimate of drug-likeness (QED) is 0.533. The van der Waals surface area contributed by atoms with Crippen LogP contribution >= 0.6 is 15.9 Å². The highest BCUT2D eigenvalue weighted by Crippen LogP contribution is 2.32. The summed E-state index contributed by atoms with van der Waals surface area (Å²) < 4.78 is 6.15. The number of fused-ring (bicyclic) bond motifs is 2. The SMILES string of the molecule is COC(=O)C1(NCC2=CC(=O)N3NC(c4ccccc4)=NC3N2)CCc2ccc(Br)cc2C1. The zero-order valence-electron chi connectivity index (χ0n) is 18.1. The molecule has 0 aromatic heterocycles. The number of ether oxygens (including phenoxy) is 1. The summed E-state index contributed by atoms with van der Waals surface area (Å²) >= 11 is 3.52. The second-order valence-electron chi connectivity index (χ2n) is 8.37. The predicted octanol–water partition coefficient (Wildman–Crippen LogP) is 2.00. The Morgan fingerprint density at radius 1 is 1.27 bits per heavy atom. The van der Waals surface area contributed by atoms with Crippen molar-refractivity contribution in [2.45, 2.75) is 31.1 Å². The summed E-state index contributed by atoms with van der Waals surface area (Å²) in [5.41, 5.74) is 6.12. The standard InChI is InChI=1S/C24H24BrN5O3/c1-33-22(32)24(10-9-15-7-8-18(25)11-17(15)13-24)26-14-19-12-20(31)30-23(27-19)28-21(29-30)16-5-3-2-4-6-16/h2-8,11-12,23,26-27H,9-10,13-14H2,1H3,(H,28,29). The van der Waals surface area contributed by atoms with Gasteiger partial charge < -0.3 is 10.1 Å². The van der Waals surface area contributed by atoms with E-state index >= 15 is 0 Å². The first-order valence-electron chi connectivity index (χ1n) is 10.8. The van der Waals surface area contributed by atoms with Gasteiger partial charge in [-0.2, -0.15) is 0 Å². The van der Waals surface area contributed by atoms with Crippen LogP contribution in [0.3, 0.4) is 0 Å². The van der Waals surface area contributed by atoms with E-state index in [9.17, 15) is 9.59 Å². The van der Waals surface area contributed by atoms with Crippen molar-refractivity contribution in [3.8, 4) is 0 Å². The number of rotatable bonds is 5. The molecule has 2 atom stereocenters. The van der Waals surface area contributed by atoms with Gasteiger partial charge in [0, 0.05) is 34.8 Å². The lowest BCUT2D eigenvalue weighted by atomic mass is 9.77. The molecule has 170 valence electrons. The number of carbonyl (C=O) groups excluding carboxylic acids is 2. The average Bonchev–Trinajstić information content (AvgIpc) is 3.27. The molecule has 1 amide bonds. The molecule has 3 aliphatic rings. The third-order valence-electron chi connectivity index (χ3n) is 6.29. The monoisotopic (exact) mass is 509 g/mol. The maximum absolute atomic E-state index is 12.9. The number of esters is 1. The van der Waals surface area contributed by atoms with Gasteiger partial charge in [0.2, 0.25) is 6.29 Å². The molecule has 0 saturated carbocycles. The summed E-state index contributed by atoms with van der Waals surface area (Å²) in [7, 11) is 1.41. The van der Waals surface area contributed by atoms with Gasteiger partial charge in [-0.05, 0) is 36.1 Å². The first-order valence-corrected chi connectivity index (χ1v) is 11.6. The van der Waals surface area contributed by atoms with Gasteiger partial charge in [0.05, 0.1) is 7.11 Å². The maximum Gasteiger partial charge on any atom is 0.326 e. The molecular weight excluding hydrogens is 486 g/mol. The van der Waals surface area contributed by atoms with Crippen LogP contribution in [-0.4, -0.2) is 48.2 Å². The molecule has 2 aliphatic heterocycles. The lowest BCUT2D eigenvalue weighted by molar-refractivity contribution is -0.149. The number of hydrogen-bond acceptors (Lipinski definition) is 7. The van der Waals surface area contributed by atoms with Crippen LogP contribution in [0.25, 0.3) is 0 Å². The fourth-order valence-electron chi connectivity index (χ4n) is 4.54. The number of hydrazine groups is 1. The number of aliphatic imine (C=N–C) groups is 1. The molecule has 3 N–H and O–H groups in total. The molecule has 1 aliphatic carbocycles. The smallest absolute Gasteiger partial charge is 0.326 e. The summed E-state index contributed by atoms with van der Waals surface area (Å²) in [5.74, 6) is 0.129. The van der Waals surface area contributed by atoms with Gasteiger partial charge >= 0.3 is 5.97 Å². The molecule has 0 spiro atoms. The summed E-state index contributed by atoms with van der Waals surface area (Å²) in [6, 6.07) is 15.8. The molecule has 0 radical (unpaired) electrons. The Hall–Kier alpha value is -3.17. The van der Waals surface area contributed by atoms with Gasteiger partial charge in [-0.25, -0.2) is 10.0 Å². The number of methoxy groups -OCH3 is 1. The van der Waals surface area contributed by atoms with E-state index in [4.69, 9.17) is 4.74 Å². The molecule has 2 heterocycles. The van der Waals surface area contributed by atoms with Crippen LogP contribution in [0.15, 0.2) is 69.8 Å². The van der Waals surface area contributed by atoms with Crippen LogP contribution in [-0.2, 0) is 27.2 Å². The van der Waals surface area contributed by atoms with Gasteiger partial charge in [0.25, 0.3) is 5.91 Å². The Labute approximate surface area is 200 Å². The highest BCUT2D eigenvalue weighted by molar-refractivity contribution is 9.10. The molecular formula is C24H24BrN5O3. The van der Waals surface area contributed by atoms with Crippen LogP contribution in [0.2, 0.25) is 0 Å². The Bertz CT molecular complexity index is 1170. The van der Waals surface area contributed by atoms with E-state index in [0.29, 0.717) is 30.9 Å². The molecule has 2 aromatic carbocycles. The van der Waals surface area contributed by atoms with Crippen molar-refractivity contribution < 1.29 is 14.3 Å². The van der Waals surface area contributed by atoms with E-state index in [-0.39, 0.29) is 11.9 Å². The average molecular weight is 510 g/mol. The summed E-state index contributed by atoms with van der Waals surface area (Å²) in [6.07, 6.45) is 2.87. The van der Waals surface area contributed by atoms with Crippen molar-refractivity contribution in [1.29, 1.82) is 0 Å². The number of amides is 1. The number of nitrogens with zero attached hydrogens (tertiary/aromatic N) is 2. The second kappa shape index (κ2) is 8.64. The minimum atomic E-state index is -0.863. The topological polar surface area (TPSA) is 95.1 Å². The van der Waals surface area contributed by atoms with Crippen LogP contribution in [0.4, 0.5) is 0 Å². The number of hydrogen-bond donors (Lipinski definition) is 3. The molecule has 33 heavy (non-hydrogen) atoms. The van der Waals surface area contributed by atoms with Crippen LogP contribution in [0.1, 0.15) is 23.1 Å². The van der Waals surface area contributed by atoms with Crippen LogP contribution in [0, 0.1) is 0 Å². The zero-order valence-corrected chi connectivity index (χ0v) is 19.7. The van der Waals surface area contributed by atoms with Gasteiger partial charge in [-0.15, -0.1) is 0 Å². The predicted molar refractivity (Wildman–Crippen MR) is 127 cm³/mol. The third-order valence-corrected chi connectivity index (χ3v) is 6.79. The largest absolute Gasteiger partial charge is 0.468 e. The van der Waals surface area contributed by atoms with Crippen molar-refractivity contribution in [3.63, 3.8) is 0 Å². The number of aryl methyl sites for hydroxylation is 1. The molecule has 2 aromatic rings. The number of amidine groups is 1. The van der Waals surface area contributed by atoms with E-state index < -0.39 is 11.8 Å². The molecule has 0 fully saturated rings. The van der Waals surface area contributed by atoms with E-state index in [1.165, 1.54) is 23.8 Å². The van der Waals surface area contributed by atoms with Crippen LogP contribution in [0.5, 0.6) is 0 Å². The number of carbonyl (C=O) groups is 2. The zero-order chi connectivity index (χ0) is 23.0. The number of benzene rings is 2. The summed E-state index contributed by atoms with van der Waals surface area (Å²) in [5, 5.41) is 8.14. The molecule has 9 heteroatoms. The van der Waals surface area contributed by atoms with E-state index in [1.807, 2.05) is 36.4 Å². The maximum atomic E-state index is 12.9. The van der Waals surface area contributed by atoms with Gasteiger partial charge in [-0.3, -0.25) is 20.3 Å². The Morgan fingerprint density at radius 3 is 2.88 bits per heavy atom. The Kier molecular flexibility index (Phi) is 5.67. The van der Waals surface area contributed by atoms with Gasteiger partial charge in [0.15, 0.2) is 5.84 Å². The van der Waals surface area contributed by atoms with Crippen molar-refractivity contribution in [3.05, 3.63) is 81.5 Å². The molecule has 5 rings (SSSR count). The Balaban J connectivity index is 1.32. The van der Waals surface area contributed by atoms with E-state index in [0.717, 1.165) is 22.0 Å². The summed E-state index contributed by atoms with van der Waals surface area (Å²) in [4.78, 5) is 30.2. The highest BCUT2D eigenvalue weighted by Gasteiger charge is 2.43. The lowest BCUT2D eigenvalue weighted by Crippen LogP contribution is -2.59. The van der Waals surface area contributed by atoms with E-state index in [2.05, 4.69) is 49.1 Å². The van der Waals surface area contributed by atoms with Crippen molar-refractivity contribution >= 4 is 33.6 Å². The number of nitrogens with one attached hydrogen (secondary N) is 3. The van der Waals surface area contributed by atoms with Crippen molar-refractivity contribution in [2.24, 2.45) is 4.99 Å². The lowest BCUT2D eigenvalue weighted by Gasteiger charge is -2.37. The highest BCUT2D eigenvalue weighted by atomic mass is 79.9. The van der Waals surface area contributed by atoms with Crippen molar-refractivity contribution in [1.82, 2.24) is 21.1 Å². The van der Waals surface area contributed by atoms with Gasteiger partial charge in [0.1, 0.15) is 5.54 Å². The van der Waals surface area contributed by atoms with Crippen molar-refractivity contribution in [2.75, 3.05) is 13.7 Å². The minimum absolute atomic E-state index is 0.199. The molecule has 2 unspecified atom stereocenters. The first-order chi connectivity index (χ1) is 16.0.